The van der Waals surface area contributed by atoms with E-state index in [9.17, 15) is 0 Å². The molecule has 0 heterocycles. The third-order valence-corrected chi connectivity index (χ3v) is 4.94. The number of nitrogens with one attached hydrogen (secondary N) is 2. The highest BCUT2D eigenvalue weighted by atomic mass is 15.0. The molecule has 0 amide bonds. The van der Waals surface area contributed by atoms with E-state index < -0.39 is 0 Å². The van der Waals surface area contributed by atoms with Crippen LogP contribution in [0.25, 0.3) is 0 Å². The van der Waals surface area contributed by atoms with Crippen molar-refractivity contribution in [3.8, 4) is 0 Å². The fourth-order valence-corrected chi connectivity index (χ4v) is 3.84. The van der Waals surface area contributed by atoms with Gasteiger partial charge in [-0.1, -0.05) is 65.2 Å². The van der Waals surface area contributed by atoms with E-state index in [0.29, 0.717) is 12.1 Å². The van der Waals surface area contributed by atoms with E-state index in [1.807, 2.05) is 0 Å². The van der Waals surface area contributed by atoms with Gasteiger partial charge in [-0.05, 0) is 67.2 Å². The largest absolute Gasteiger partial charge is 0.309 e. The highest BCUT2D eigenvalue weighted by molar-refractivity contribution is 4.79. The lowest BCUT2D eigenvalue weighted by Crippen LogP contribution is -2.43. The Hall–Kier alpha value is -0.0800. The second-order valence-electron chi connectivity index (χ2n) is 10.5. The lowest BCUT2D eigenvalue weighted by Gasteiger charge is -2.29. The summed E-state index contributed by atoms with van der Waals surface area (Å²) >= 11 is 0. The molecule has 0 aromatic heterocycles. The van der Waals surface area contributed by atoms with E-state index in [0.717, 1.165) is 0 Å². The summed E-state index contributed by atoms with van der Waals surface area (Å²) in [7, 11) is 0. The predicted molar refractivity (Wildman–Crippen MR) is 120 cm³/mol. The van der Waals surface area contributed by atoms with Crippen molar-refractivity contribution >= 4 is 0 Å². The molecule has 2 heteroatoms. The Morgan fingerprint density at radius 1 is 0.500 bits per heavy atom. The van der Waals surface area contributed by atoms with Crippen molar-refractivity contribution in [1.29, 1.82) is 0 Å². The van der Waals surface area contributed by atoms with Gasteiger partial charge in [0.25, 0.3) is 0 Å². The normalized spacial score (nSPS) is 15.2. The van der Waals surface area contributed by atoms with Crippen LogP contribution in [0, 0.1) is 0 Å². The third-order valence-electron chi connectivity index (χ3n) is 4.94. The Labute approximate surface area is 166 Å². The van der Waals surface area contributed by atoms with Crippen molar-refractivity contribution in [1.82, 2.24) is 10.6 Å². The average Bonchev–Trinajstić information content (AvgIpc) is 2.50. The minimum Gasteiger partial charge on any atom is -0.309 e. The van der Waals surface area contributed by atoms with Crippen LogP contribution in [0.15, 0.2) is 0 Å². The molecule has 0 saturated carbocycles. The van der Waals surface area contributed by atoms with Gasteiger partial charge < -0.3 is 10.6 Å². The van der Waals surface area contributed by atoms with Gasteiger partial charge in [0.2, 0.25) is 0 Å². The molecule has 26 heavy (non-hydrogen) atoms. The van der Waals surface area contributed by atoms with E-state index in [4.69, 9.17) is 0 Å². The first kappa shape index (κ1) is 25.9. The van der Waals surface area contributed by atoms with Crippen molar-refractivity contribution in [3.05, 3.63) is 0 Å². The van der Waals surface area contributed by atoms with Gasteiger partial charge in [0.1, 0.15) is 0 Å². The van der Waals surface area contributed by atoms with Gasteiger partial charge in [-0.15, -0.1) is 0 Å². The molecular formula is C24H52N2. The summed E-state index contributed by atoms with van der Waals surface area (Å²) < 4.78 is 0. The molecule has 2 unspecified atom stereocenters. The molecule has 0 fully saturated rings. The monoisotopic (exact) mass is 368 g/mol. The molecular weight excluding hydrogens is 316 g/mol. The number of unbranched alkanes of at least 4 members (excludes halogenated alkanes) is 5. The van der Waals surface area contributed by atoms with Gasteiger partial charge in [-0.3, -0.25) is 0 Å². The van der Waals surface area contributed by atoms with E-state index >= 15 is 0 Å². The maximum absolute atomic E-state index is 3.84. The fraction of sp³-hybridized carbons (Fsp3) is 1.00. The first-order valence-electron chi connectivity index (χ1n) is 11.6. The minimum atomic E-state index is 0.240. The van der Waals surface area contributed by atoms with Gasteiger partial charge in [0.05, 0.1) is 0 Å². The minimum absolute atomic E-state index is 0.240. The molecule has 0 bridgehead atoms. The van der Waals surface area contributed by atoms with Crippen LogP contribution < -0.4 is 10.6 Å². The van der Waals surface area contributed by atoms with Gasteiger partial charge >= 0.3 is 0 Å². The standard InChI is InChI=1S/C24H52N2/c1-9-11-17-21(25-23(3,4)5)19-15-13-14-16-20-22(18-12-10-2)26-24(6,7)8/h21-22,25-26H,9-20H2,1-8H3. The van der Waals surface area contributed by atoms with Crippen molar-refractivity contribution < 1.29 is 0 Å². The SMILES string of the molecule is CCCCC(CCCCCCC(CCCC)NC(C)(C)C)NC(C)(C)C. The van der Waals surface area contributed by atoms with Crippen LogP contribution in [-0.2, 0) is 0 Å². The van der Waals surface area contributed by atoms with Crippen LogP contribution in [0.1, 0.15) is 132 Å². The predicted octanol–water partition coefficient (Wildman–Crippen LogP) is 7.22. The number of hydrogen-bond acceptors (Lipinski definition) is 2. The van der Waals surface area contributed by atoms with Crippen LogP contribution in [0.2, 0.25) is 0 Å². The Morgan fingerprint density at radius 2 is 0.808 bits per heavy atom. The first-order chi connectivity index (χ1) is 12.1. The van der Waals surface area contributed by atoms with Gasteiger partial charge in [-0.2, -0.15) is 0 Å². The van der Waals surface area contributed by atoms with Gasteiger partial charge in [0.15, 0.2) is 0 Å². The summed E-state index contributed by atoms with van der Waals surface area (Å²) in [5.41, 5.74) is 0.479. The Balaban J connectivity index is 4.04. The zero-order chi connectivity index (χ0) is 20.1. The highest BCUT2D eigenvalue weighted by Gasteiger charge is 2.17. The van der Waals surface area contributed by atoms with Crippen LogP contribution in [-0.4, -0.2) is 23.2 Å². The van der Waals surface area contributed by atoms with Crippen LogP contribution in [0.5, 0.6) is 0 Å². The number of hydrogen-bond donors (Lipinski definition) is 2. The Morgan fingerprint density at radius 3 is 1.08 bits per heavy atom. The third kappa shape index (κ3) is 17.3. The topological polar surface area (TPSA) is 24.1 Å². The Kier molecular flexibility index (Phi) is 14.0. The second-order valence-corrected chi connectivity index (χ2v) is 10.5. The quantitative estimate of drug-likeness (QED) is 0.298. The number of rotatable bonds is 15. The van der Waals surface area contributed by atoms with Crippen molar-refractivity contribution in [2.24, 2.45) is 0 Å². The molecule has 0 aromatic carbocycles. The molecule has 0 aliphatic heterocycles. The van der Waals surface area contributed by atoms with Gasteiger partial charge in [0, 0.05) is 23.2 Å². The zero-order valence-electron chi connectivity index (χ0n) is 19.6. The average molecular weight is 369 g/mol. The molecule has 0 saturated heterocycles. The summed E-state index contributed by atoms with van der Waals surface area (Å²) in [4.78, 5) is 0. The smallest absolute Gasteiger partial charge is 0.00990 e. The molecule has 158 valence electrons. The van der Waals surface area contributed by atoms with Crippen molar-refractivity contribution in [2.45, 2.75) is 156 Å². The van der Waals surface area contributed by atoms with Crippen LogP contribution >= 0.6 is 0 Å². The summed E-state index contributed by atoms with van der Waals surface area (Å²) in [6.45, 7) is 18.4. The van der Waals surface area contributed by atoms with Crippen molar-refractivity contribution in [3.63, 3.8) is 0 Å². The van der Waals surface area contributed by atoms with E-state index in [-0.39, 0.29) is 11.1 Å². The molecule has 2 atom stereocenters. The molecule has 0 aliphatic carbocycles. The second kappa shape index (κ2) is 14.0. The summed E-state index contributed by atoms with van der Waals surface area (Å²) in [5, 5.41) is 7.68. The van der Waals surface area contributed by atoms with Crippen molar-refractivity contribution in [2.75, 3.05) is 0 Å². The summed E-state index contributed by atoms with van der Waals surface area (Å²) in [6, 6.07) is 1.41. The Bertz CT molecular complexity index is 279. The zero-order valence-corrected chi connectivity index (χ0v) is 19.6. The van der Waals surface area contributed by atoms with Crippen LogP contribution in [0.4, 0.5) is 0 Å². The molecule has 2 nitrogen and oxygen atoms in total. The lowest BCUT2D eigenvalue weighted by atomic mass is 9.96. The highest BCUT2D eigenvalue weighted by Crippen LogP contribution is 2.17. The molecule has 0 aromatic rings. The summed E-state index contributed by atoms with van der Waals surface area (Å²) in [6.07, 6.45) is 16.2. The maximum Gasteiger partial charge on any atom is 0.00990 e. The van der Waals surface area contributed by atoms with E-state index in [2.05, 4.69) is 66.0 Å². The maximum atomic E-state index is 3.84. The fourth-order valence-electron chi connectivity index (χ4n) is 3.84. The summed E-state index contributed by atoms with van der Waals surface area (Å²) in [5.74, 6) is 0. The van der Waals surface area contributed by atoms with E-state index in [1.165, 1.54) is 77.0 Å². The van der Waals surface area contributed by atoms with Crippen LogP contribution in [0.3, 0.4) is 0 Å². The molecule has 0 radical (unpaired) electrons. The molecule has 2 N–H and O–H groups in total. The first-order valence-corrected chi connectivity index (χ1v) is 11.6. The molecule has 0 aliphatic rings. The van der Waals surface area contributed by atoms with Gasteiger partial charge in [-0.25, -0.2) is 0 Å². The molecule has 0 rings (SSSR count). The molecule has 0 spiro atoms. The van der Waals surface area contributed by atoms with E-state index in [1.54, 1.807) is 0 Å². The lowest BCUT2D eigenvalue weighted by molar-refractivity contribution is 0.312.